The first-order valence-corrected chi connectivity index (χ1v) is 4.21. The van der Waals surface area contributed by atoms with Crippen LogP contribution in [0.2, 0.25) is 0 Å². The fourth-order valence-corrected chi connectivity index (χ4v) is 0.671. The molecule has 13 heavy (non-hydrogen) atoms. The van der Waals surface area contributed by atoms with Crippen LogP contribution >= 0.6 is 0 Å². The van der Waals surface area contributed by atoms with Crippen LogP contribution in [-0.2, 0) is 14.3 Å². The molecule has 2 atom stereocenters. The summed E-state index contributed by atoms with van der Waals surface area (Å²) in [7, 11) is 0. The summed E-state index contributed by atoms with van der Waals surface area (Å²) in [4.78, 5) is 22.0. The molecule has 5 nitrogen and oxygen atoms in total. The Bertz CT molecular complexity index is 192. The maximum atomic E-state index is 11.0. The van der Waals surface area contributed by atoms with Gasteiger partial charge in [0, 0.05) is 0 Å². The van der Waals surface area contributed by atoms with Gasteiger partial charge in [0.25, 0.3) is 0 Å². The molecule has 0 rings (SSSR count). The van der Waals surface area contributed by atoms with Crippen molar-refractivity contribution in [2.24, 2.45) is 5.73 Å². The quantitative estimate of drug-likeness (QED) is 0.577. The van der Waals surface area contributed by atoms with Crippen molar-refractivity contribution in [1.82, 2.24) is 5.32 Å². The first kappa shape index (κ1) is 11.9. The molecule has 0 spiro atoms. The maximum Gasteiger partial charge on any atom is 0.328 e. The maximum absolute atomic E-state index is 11.0. The lowest BCUT2D eigenvalue weighted by molar-refractivity contribution is -0.146. The highest BCUT2D eigenvalue weighted by molar-refractivity contribution is 5.86. The summed E-state index contributed by atoms with van der Waals surface area (Å²) in [5.74, 6) is -0.808. The molecule has 0 saturated carbocycles. The molecule has 0 unspecified atom stereocenters. The number of nitrogens with one attached hydrogen (secondary N) is 1. The lowest BCUT2D eigenvalue weighted by Crippen LogP contribution is -2.46. The zero-order valence-corrected chi connectivity index (χ0v) is 8.16. The molecule has 0 aliphatic rings. The number of ether oxygens (including phenoxy) is 1. The Kier molecular flexibility index (Phi) is 5.06. The van der Waals surface area contributed by atoms with Crippen molar-refractivity contribution in [1.29, 1.82) is 0 Å². The van der Waals surface area contributed by atoms with Crippen LogP contribution in [0.3, 0.4) is 0 Å². The molecule has 0 aromatic carbocycles. The van der Waals surface area contributed by atoms with Gasteiger partial charge in [-0.05, 0) is 20.8 Å². The highest BCUT2D eigenvalue weighted by atomic mass is 16.5. The summed E-state index contributed by atoms with van der Waals surface area (Å²) in [5.41, 5.74) is 5.29. The van der Waals surface area contributed by atoms with Crippen molar-refractivity contribution in [2.75, 3.05) is 6.61 Å². The van der Waals surface area contributed by atoms with E-state index < -0.39 is 18.1 Å². The fourth-order valence-electron chi connectivity index (χ4n) is 0.671. The van der Waals surface area contributed by atoms with Gasteiger partial charge < -0.3 is 15.8 Å². The molecule has 0 saturated heterocycles. The van der Waals surface area contributed by atoms with Gasteiger partial charge in [-0.3, -0.25) is 4.79 Å². The smallest absolute Gasteiger partial charge is 0.328 e. The van der Waals surface area contributed by atoms with Crippen molar-refractivity contribution in [2.45, 2.75) is 32.9 Å². The van der Waals surface area contributed by atoms with Gasteiger partial charge in [-0.1, -0.05) is 0 Å². The van der Waals surface area contributed by atoms with Crippen LogP contribution in [0, 0.1) is 0 Å². The molecule has 5 heteroatoms. The van der Waals surface area contributed by atoms with E-state index >= 15 is 0 Å². The number of amides is 1. The number of rotatable bonds is 4. The standard InChI is InChI=1S/C8H16N2O3/c1-4-13-8(12)6(3)10-7(11)5(2)9/h5-6H,4,9H2,1-3H3,(H,10,11)/t5-,6+/m1/s1. The van der Waals surface area contributed by atoms with E-state index in [1.165, 1.54) is 0 Å². The number of carbonyl (C=O) groups is 2. The minimum absolute atomic E-state index is 0.303. The normalized spacial score (nSPS) is 14.5. The third-order valence-corrected chi connectivity index (χ3v) is 1.41. The largest absolute Gasteiger partial charge is 0.464 e. The summed E-state index contributed by atoms with van der Waals surface area (Å²) in [6.45, 7) is 5.11. The van der Waals surface area contributed by atoms with Crippen molar-refractivity contribution < 1.29 is 14.3 Å². The molecule has 76 valence electrons. The molecule has 0 aromatic rings. The average molecular weight is 188 g/mol. The molecule has 0 aliphatic carbocycles. The van der Waals surface area contributed by atoms with E-state index in [2.05, 4.69) is 10.1 Å². The van der Waals surface area contributed by atoms with Crippen LogP contribution < -0.4 is 11.1 Å². The third kappa shape index (κ3) is 4.47. The van der Waals surface area contributed by atoms with E-state index in [9.17, 15) is 9.59 Å². The van der Waals surface area contributed by atoms with Crippen molar-refractivity contribution in [3.05, 3.63) is 0 Å². The zero-order chi connectivity index (χ0) is 10.4. The Morgan fingerprint density at radius 2 is 2.00 bits per heavy atom. The summed E-state index contributed by atoms with van der Waals surface area (Å²) >= 11 is 0. The number of nitrogens with two attached hydrogens (primary N) is 1. The molecule has 0 heterocycles. The summed E-state index contributed by atoms with van der Waals surface area (Å²) < 4.78 is 4.69. The van der Waals surface area contributed by atoms with Gasteiger partial charge in [0.2, 0.25) is 5.91 Å². The van der Waals surface area contributed by atoms with Crippen LogP contribution in [0.15, 0.2) is 0 Å². The summed E-state index contributed by atoms with van der Waals surface area (Å²) in [5, 5.41) is 2.43. The molecule has 0 bridgehead atoms. The van der Waals surface area contributed by atoms with E-state index in [0.717, 1.165) is 0 Å². The predicted molar refractivity (Wildman–Crippen MR) is 47.9 cm³/mol. The number of hydrogen-bond donors (Lipinski definition) is 2. The van der Waals surface area contributed by atoms with Crippen LogP contribution in [0.5, 0.6) is 0 Å². The van der Waals surface area contributed by atoms with Gasteiger partial charge in [0.15, 0.2) is 0 Å². The van der Waals surface area contributed by atoms with Crippen LogP contribution in [0.1, 0.15) is 20.8 Å². The SMILES string of the molecule is CCOC(=O)[C@H](C)NC(=O)[C@@H](C)N. The molecular formula is C8H16N2O3. The Morgan fingerprint density at radius 3 is 2.38 bits per heavy atom. The number of hydrogen-bond acceptors (Lipinski definition) is 4. The van der Waals surface area contributed by atoms with E-state index in [1.807, 2.05) is 0 Å². The second-order valence-corrected chi connectivity index (χ2v) is 2.77. The first-order chi connectivity index (χ1) is 5.99. The van der Waals surface area contributed by atoms with Crippen LogP contribution in [-0.4, -0.2) is 30.6 Å². The molecule has 0 radical (unpaired) electrons. The fraction of sp³-hybridized carbons (Fsp3) is 0.750. The number of esters is 1. The van der Waals surface area contributed by atoms with Crippen molar-refractivity contribution >= 4 is 11.9 Å². The Balaban J connectivity index is 3.92. The Hall–Kier alpha value is -1.10. The summed E-state index contributed by atoms with van der Waals surface area (Å²) in [6.07, 6.45) is 0. The molecule has 0 aliphatic heterocycles. The molecular weight excluding hydrogens is 172 g/mol. The topological polar surface area (TPSA) is 81.4 Å². The predicted octanol–water partition coefficient (Wildman–Crippen LogP) is -0.599. The Morgan fingerprint density at radius 1 is 1.46 bits per heavy atom. The van der Waals surface area contributed by atoms with Gasteiger partial charge in [-0.25, -0.2) is 4.79 Å². The van der Waals surface area contributed by atoms with Crippen LogP contribution in [0.4, 0.5) is 0 Å². The second-order valence-electron chi connectivity index (χ2n) is 2.77. The Labute approximate surface area is 77.6 Å². The van der Waals surface area contributed by atoms with Gasteiger partial charge in [-0.2, -0.15) is 0 Å². The van der Waals surface area contributed by atoms with Crippen molar-refractivity contribution in [3.8, 4) is 0 Å². The molecule has 0 aromatic heterocycles. The van der Waals surface area contributed by atoms with E-state index in [1.54, 1.807) is 20.8 Å². The van der Waals surface area contributed by atoms with Crippen molar-refractivity contribution in [3.63, 3.8) is 0 Å². The van der Waals surface area contributed by atoms with Gasteiger partial charge >= 0.3 is 5.97 Å². The monoisotopic (exact) mass is 188 g/mol. The average Bonchev–Trinajstić information content (AvgIpc) is 2.04. The number of carbonyl (C=O) groups excluding carboxylic acids is 2. The minimum Gasteiger partial charge on any atom is -0.464 e. The highest BCUT2D eigenvalue weighted by Gasteiger charge is 2.17. The van der Waals surface area contributed by atoms with E-state index in [0.29, 0.717) is 6.61 Å². The minimum atomic E-state index is -0.640. The lowest BCUT2D eigenvalue weighted by atomic mass is 10.3. The van der Waals surface area contributed by atoms with Gasteiger partial charge in [-0.15, -0.1) is 0 Å². The van der Waals surface area contributed by atoms with E-state index in [-0.39, 0.29) is 5.91 Å². The van der Waals surface area contributed by atoms with Crippen LogP contribution in [0.25, 0.3) is 0 Å². The first-order valence-electron chi connectivity index (χ1n) is 4.21. The third-order valence-electron chi connectivity index (χ3n) is 1.41. The van der Waals surface area contributed by atoms with Gasteiger partial charge in [0.05, 0.1) is 12.6 Å². The molecule has 3 N–H and O–H groups in total. The summed E-state index contributed by atoms with van der Waals surface area (Å²) in [6, 6.07) is -1.25. The highest BCUT2D eigenvalue weighted by Crippen LogP contribution is 1.88. The van der Waals surface area contributed by atoms with E-state index in [4.69, 9.17) is 5.73 Å². The molecule has 1 amide bonds. The second kappa shape index (κ2) is 5.53. The lowest BCUT2D eigenvalue weighted by Gasteiger charge is -2.13. The molecule has 0 fully saturated rings. The van der Waals surface area contributed by atoms with Gasteiger partial charge in [0.1, 0.15) is 6.04 Å². The zero-order valence-electron chi connectivity index (χ0n) is 8.16.